The molecule has 116 valence electrons. The van der Waals surface area contributed by atoms with E-state index < -0.39 is 11.7 Å². The Kier molecular flexibility index (Phi) is 4.16. The second-order valence-electron chi connectivity index (χ2n) is 5.33. The molecule has 0 bridgehead atoms. The van der Waals surface area contributed by atoms with Crippen molar-refractivity contribution in [3.8, 4) is 0 Å². The SMILES string of the molecule is CCc1cc([C@H]2CCCN2C(=O)c2c(F)cccc2Cl)on1. The van der Waals surface area contributed by atoms with Crippen LogP contribution in [0.25, 0.3) is 0 Å². The Morgan fingerprint density at radius 1 is 1.55 bits per heavy atom. The van der Waals surface area contributed by atoms with Crippen LogP contribution in [0, 0.1) is 5.82 Å². The number of aryl methyl sites for hydroxylation is 1. The minimum Gasteiger partial charge on any atom is -0.359 e. The van der Waals surface area contributed by atoms with E-state index in [1.54, 1.807) is 4.90 Å². The van der Waals surface area contributed by atoms with E-state index in [-0.39, 0.29) is 16.6 Å². The van der Waals surface area contributed by atoms with Crippen molar-refractivity contribution in [2.75, 3.05) is 6.54 Å². The van der Waals surface area contributed by atoms with Crippen molar-refractivity contribution in [1.82, 2.24) is 10.1 Å². The lowest BCUT2D eigenvalue weighted by Gasteiger charge is -2.23. The molecule has 4 nitrogen and oxygen atoms in total. The first-order valence-corrected chi connectivity index (χ1v) is 7.70. The predicted molar refractivity (Wildman–Crippen MR) is 80.3 cm³/mol. The summed E-state index contributed by atoms with van der Waals surface area (Å²) in [6.45, 7) is 2.54. The number of hydrogen-bond donors (Lipinski definition) is 0. The molecule has 1 aliphatic rings. The van der Waals surface area contributed by atoms with Gasteiger partial charge in [-0.05, 0) is 31.4 Å². The van der Waals surface area contributed by atoms with Gasteiger partial charge in [-0.3, -0.25) is 4.79 Å². The van der Waals surface area contributed by atoms with Crippen molar-refractivity contribution >= 4 is 17.5 Å². The molecule has 1 atom stereocenters. The molecule has 1 fully saturated rings. The highest BCUT2D eigenvalue weighted by atomic mass is 35.5. The molecule has 1 aromatic carbocycles. The molecular weight excluding hydrogens is 307 g/mol. The highest BCUT2D eigenvalue weighted by molar-refractivity contribution is 6.33. The van der Waals surface area contributed by atoms with Gasteiger partial charge in [-0.1, -0.05) is 29.7 Å². The summed E-state index contributed by atoms with van der Waals surface area (Å²) in [6.07, 6.45) is 2.38. The largest absolute Gasteiger partial charge is 0.359 e. The van der Waals surface area contributed by atoms with Gasteiger partial charge in [-0.25, -0.2) is 4.39 Å². The number of hydrogen-bond acceptors (Lipinski definition) is 3. The Morgan fingerprint density at radius 3 is 3.05 bits per heavy atom. The standard InChI is InChI=1S/C16H16ClFN2O2/c1-2-10-9-14(22-19-10)13-7-4-8-20(13)16(21)15-11(17)5-3-6-12(15)18/h3,5-6,9,13H,2,4,7-8H2,1H3/t13-/m1/s1. The third-order valence-corrected chi connectivity index (χ3v) is 4.27. The van der Waals surface area contributed by atoms with E-state index in [0.717, 1.165) is 25.0 Å². The monoisotopic (exact) mass is 322 g/mol. The molecule has 2 heterocycles. The maximum Gasteiger partial charge on any atom is 0.258 e. The average Bonchev–Trinajstić information content (AvgIpc) is 3.15. The van der Waals surface area contributed by atoms with Crippen molar-refractivity contribution in [2.45, 2.75) is 32.2 Å². The Labute approximate surface area is 132 Å². The molecule has 0 radical (unpaired) electrons. The van der Waals surface area contributed by atoms with E-state index in [9.17, 15) is 9.18 Å². The van der Waals surface area contributed by atoms with Gasteiger partial charge < -0.3 is 9.42 Å². The summed E-state index contributed by atoms with van der Waals surface area (Å²) < 4.78 is 19.3. The summed E-state index contributed by atoms with van der Waals surface area (Å²) in [6, 6.07) is 5.90. The number of aromatic nitrogens is 1. The molecule has 22 heavy (non-hydrogen) atoms. The van der Waals surface area contributed by atoms with Gasteiger partial charge in [0.1, 0.15) is 5.82 Å². The Bertz CT molecular complexity index is 681. The number of halogens is 2. The van der Waals surface area contributed by atoms with Gasteiger partial charge in [0.2, 0.25) is 0 Å². The number of rotatable bonds is 3. The smallest absolute Gasteiger partial charge is 0.258 e. The van der Waals surface area contributed by atoms with Crippen LogP contribution in [0.1, 0.15) is 47.6 Å². The lowest BCUT2D eigenvalue weighted by molar-refractivity contribution is 0.0710. The van der Waals surface area contributed by atoms with Crippen LogP contribution < -0.4 is 0 Å². The number of nitrogens with zero attached hydrogens (tertiary/aromatic N) is 2. The maximum atomic E-state index is 14.0. The summed E-state index contributed by atoms with van der Waals surface area (Å²) >= 11 is 6.00. The van der Waals surface area contributed by atoms with E-state index in [1.807, 2.05) is 13.0 Å². The number of carbonyl (C=O) groups excluding carboxylic acids is 1. The maximum absolute atomic E-state index is 14.0. The third kappa shape index (κ3) is 2.61. The van der Waals surface area contributed by atoms with Crippen molar-refractivity contribution in [1.29, 1.82) is 0 Å². The van der Waals surface area contributed by atoms with E-state index in [4.69, 9.17) is 16.1 Å². The first-order chi connectivity index (χ1) is 10.6. The zero-order valence-corrected chi connectivity index (χ0v) is 12.9. The van der Waals surface area contributed by atoms with Gasteiger partial charge in [0.25, 0.3) is 5.91 Å². The highest BCUT2D eigenvalue weighted by Crippen LogP contribution is 2.35. The molecule has 0 spiro atoms. The van der Waals surface area contributed by atoms with E-state index in [2.05, 4.69) is 5.16 Å². The van der Waals surface area contributed by atoms with Crippen molar-refractivity contribution in [3.05, 3.63) is 52.1 Å². The fourth-order valence-corrected chi connectivity index (χ4v) is 3.05. The Balaban J connectivity index is 1.91. The number of benzene rings is 1. The molecular formula is C16H16ClFN2O2. The summed E-state index contributed by atoms with van der Waals surface area (Å²) in [5.74, 6) is -0.356. The lowest BCUT2D eigenvalue weighted by atomic mass is 10.1. The number of amides is 1. The minimum absolute atomic E-state index is 0.0775. The second kappa shape index (κ2) is 6.08. The van der Waals surface area contributed by atoms with Crippen LogP contribution in [0.4, 0.5) is 4.39 Å². The molecule has 2 aromatic rings. The van der Waals surface area contributed by atoms with Gasteiger partial charge >= 0.3 is 0 Å². The van der Waals surface area contributed by atoms with Crippen molar-refractivity contribution in [2.24, 2.45) is 0 Å². The molecule has 1 saturated heterocycles. The first kappa shape index (κ1) is 15.0. The van der Waals surface area contributed by atoms with Crippen molar-refractivity contribution in [3.63, 3.8) is 0 Å². The second-order valence-corrected chi connectivity index (χ2v) is 5.73. The fourth-order valence-electron chi connectivity index (χ4n) is 2.80. The number of carbonyl (C=O) groups is 1. The Morgan fingerprint density at radius 2 is 2.36 bits per heavy atom. The lowest BCUT2D eigenvalue weighted by Crippen LogP contribution is -2.31. The van der Waals surface area contributed by atoms with Gasteiger partial charge in [-0.2, -0.15) is 0 Å². The highest BCUT2D eigenvalue weighted by Gasteiger charge is 2.35. The van der Waals surface area contributed by atoms with Gasteiger partial charge in [0, 0.05) is 12.6 Å². The van der Waals surface area contributed by atoms with E-state index in [0.29, 0.717) is 12.3 Å². The summed E-state index contributed by atoms with van der Waals surface area (Å²) in [5.41, 5.74) is 0.768. The summed E-state index contributed by atoms with van der Waals surface area (Å²) in [5, 5.41) is 4.10. The first-order valence-electron chi connectivity index (χ1n) is 7.32. The number of likely N-dealkylation sites (tertiary alicyclic amines) is 1. The van der Waals surface area contributed by atoms with Crippen molar-refractivity contribution < 1.29 is 13.7 Å². The van der Waals surface area contributed by atoms with E-state index >= 15 is 0 Å². The van der Waals surface area contributed by atoms with Crippen LogP contribution >= 0.6 is 11.6 Å². The molecule has 1 aromatic heterocycles. The zero-order valence-electron chi connectivity index (χ0n) is 12.2. The molecule has 1 aliphatic heterocycles. The van der Waals surface area contributed by atoms with Gasteiger partial charge in [0.05, 0.1) is 22.3 Å². The van der Waals surface area contributed by atoms with Crippen LogP contribution in [-0.2, 0) is 6.42 Å². The molecule has 0 saturated carbocycles. The zero-order chi connectivity index (χ0) is 15.7. The quantitative estimate of drug-likeness (QED) is 0.857. The fraction of sp³-hybridized carbons (Fsp3) is 0.375. The molecule has 6 heteroatoms. The average molecular weight is 323 g/mol. The molecule has 0 N–H and O–H groups in total. The topological polar surface area (TPSA) is 46.3 Å². The molecule has 0 unspecified atom stereocenters. The van der Waals surface area contributed by atoms with Crippen LogP contribution in [0.3, 0.4) is 0 Å². The minimum atomic E-state index is -0.602. The van der Waals surface area contributed by atoms with E-state index in [1.165, 1.54) is 18.2 Å². The molecule has 3 rings (SSSR count). The Hall–Kier alpha value is -1.88. The van der Waals surface area contributed by atoms with Crippen LogP contribution in [0.2, 0.25) is 5.02 Å². The van der Waals surface area contributed by atoms with Gasteiger partial charge in [-0.15, -0.1) is 0 Å². The van der Waals surface area contributed by atoms with Crippen LogP contribution in [0.5, 0.6) is 0 Å². The molecule has 1 amide bonds. The van der Waals surface area contributed by atoms with Crippen LogP contribution in [-0.4, -0.2) is 22.5 Å². The normalized spacial score (nSPS) is 18.0. The third-order valence-electron chi connectivity index (χ3n) is 3.96. The predicted octanol–water partition coefficient (Wildman–Crippen LogP) is 4.01. The summed E-state index contributed by atoms with van der Waals surface area (Å²) in [7, 11) is 0. The van der Waals surface area contributed by atoms with Gasteiger partial charge in [0.15, 0.2) is 5.76 Å². The summed E-state index contributed by atoms with van der Waals surface area (Å²) in [4.78, 5) is 14.3. The molecule has 0 aliphatic carbocycles. The van der Waals surface area contributed by atoms with Crippen LogP contribution in [0.15, 0.2) is 28.8 Å².